The lowest BCUT2D eigenvalue weighted by Crippen LogP contribution is -1.80. The Morgan fingerprint density at radius 1 is 0.833 bits per heavy atom. The van der Waals surface area contributed by atoms with Crippen LogP contribution in [0.25, 0.3) is 0 Å². The van der Waals surface area contributed by atoms with E-state index in [0.717, 1.165) is 20.2 Å². The Kier molecular flexibility index (Phi) is 5.23. The zero-order chi connectivity index (χ0) is 12.8. The lowest BCUT2D eigenvalue weighted by molar-refractivity contribution is 1.02. The van der Waals surface area contributed by atoms with Crippen LogP contribution in [0.15, 0.2) is 20.8 Å². The summed E-state index contributed by atoms with van der Waals surface area (Å²) in [7, 11) is 0. The monoisotopic (exact) mass is 318 g/mol. The quantitative estimate of drug-likeness (QED) is 0.615. The van der Waals surface area contributed by atoms with Gasteiger partial charge in [0.1, 0.15) is 0 Å². The van der Waals surface area contributed by atoms with Gasteiger partial charge in [0.05, 0.1) is 0 Å². The summed E-state index contributed by atoms with van der Waals surface area (Å²) in [5, 5.41) is 16.3. The summed E-state index contributed by atoms with van der Waals surface area (Å²) in [4.78, 5) is 0. The van der Waals surface area contributed by atoms with Gasteiger partial charge >= 0.3 is 0 Å². The van der Waals surface area contributed by atoms with Gasteiger partial charge in [0.25, 0.3) is 0 Å². The number of aromatic nitrogens is 4. The Balaban J connectivity index is 1.63. The molecular formula is C8H10N6S4. The molecule has 96 valence electrons. The summed E-state index contributed by atoms with van der Waals surface area (Å²) in [6, 6.07) is 0. The molecule has 0 fully saturated rings. The molecule has 10 heteroatoms. The van der Waals surface area contributed by atoms with Crippen LogP contribution in [0.1, 0.15) is 0 Å². The van der Waals surface area contributed by atoms with Crippen molar-refractivity contribution in [2.24, 2.45) is 0 Å². The van der Waals surface area contributed by atoms with Crippen LogP contribution in [0.4, 0.5) is 10.3 Å². The summed E-state index contributed by atoms with van der Waals surface area (Å²) < 4.78 is 1.78. The normalized spacial score (nSPS) is 11.3. The molecule has 4 N–H and O–H groups in total. The Morgan fingerprint density at radius 2 is 1.28 bits per heavy atom. The Bertz CT molecular complexity index is 475. The molecule has 0 bridgehead atoms. The Hall–Kier alpha value is -0.840. The van der Waals surface area contributed by atoms with Crippen LogP contribution >= 0.6 is 46.2 Å². The third kappa shape index (κ3) is 4.44. The molecule has 0 amide bonds. The molecule has 0 aliphatic rings. The van der Waals surface area contributed by atoms with E-state index >= 15 is 0 Å². The highest BCUT2D eigenvalue weighted by atomic mass is 32.2. The zero-order valence-corrected chi connectivity index (χ0v) is 12.4. The first kappa shape index (κ1) is 13.6. The fourth-order valence-electron chi connectivity index (χ4n) is 0.932. The van der Waals surface area contributed by atoms with Gasteiger partial charge in [-0.1, -0.05) is 58.3 Å². The number of thioether (sulfide) groups is 2. The molecule has 6 nitrogen and oxygen atoms in total. The Morgan fingerprint density at radius 3 is 1.61 bits per heavy atom. The van der Waals surface area contributed by atoms with Gasteiger partial charge in [-0.25, -0.2) is 0 Å². The van der Waals surface area contributed by atoms with Gasteiger partial charge in [0.2, 0.25) is 10.3 Å². The molecule has 0 spiro atoms. The molecular weight excluding hydrogens is 308 g/mol. The summed E-state index contributed by atoms with van der Waals surface area (Å²) in [6.45, 7) is 0. The lowest BCUT2D eigenvalue weighted by Gasteiger charge is -1.90. The van der Waals surface area contributed by atoms with Gasteiger partial charge < -0.3 is 11.5 Å². The maximum Gasteiger partial charge on any atom is 0.203 e. The number of hydrogen-bond donors (Lipinski definition) is 2. The van der Waals surface area contributed by atoms with Gasteiger partial charge in [0.15, 0.2) is 8.68 Å². The predicted molar refractivity (Wildman–Crippen MR) is 79.2 cm³/mol. The summed E-state index contributed by atoms with van der Waals surface area (Å²) in [5.41, 5.74) is 11.0. The minimum absolute atomic E-state index is 0.505. The average molecular weight is 318 g/mol. The second-order valence-electron chi connectivity index (χ2n) is 2.91. The number of nitrogens with zero attached hydrogens (tertiary/aromatic N) is 4. The van der Waals surface area contributed by atoms with E-state index in [2.05, 4.69) is 32.5 Å². The lowest BCUT2D eigenvalue weighted by atomic mass is 10.6. The van der Waals surface area contributed by atoms with Crippen LogP contribution in [0.5, 0.6) is 0 Å². The molecule has 0 aliphatic carbocycles. The van der Waals surface area contributed by atoms with Gasteiger partial charge in [-0.05, 0) is 0 Å². The van der Waals surface area contributed by atoms with Gasteiger partial charge in [-0.3, -0.25) is 0 Å². The van der Waals surface area contributed by atoms with E-state index in [4.69, 9.17) is 11.5 Å². The molecule has 0 aromatic carbocycles. The fourth-order valence-corrected chi connectivity index (χ4v) is 3.96. The second kappa shape index (κ2) is 6.92. The predicted octanol–water partition coefficient (Wildman–Crippen LogP) is 1.99. The van der Waals surface area contributed by atoms with Crippen LogP contribution < -0.4 is 11.5 Å². The zero-order valence-electron chi connectivity index (χ0n) is 9.15. The highest BCUT2D eigenvalue weighted by Crippen LogP contribution is 2.25. The summed E-state index contributed by atoms with van der Waals surface area (Å²) in [6.07, 6.45) is 4.17. The number of rotatable bonds is 6. The minimum Gasteiger partial charge on any atom is -0.374 e. The van der Waals surface area contributed by atoms with Crippen LogP contribution in [-0.4, -0.2) is 31.9 Å². The second-order valence-corrected chi connectivity index (χ2v) is 7.46. The van der Waals surface area contributed by atoms with Gasteiger partial charge in [-0.2, -0.15) is 0 Å². The summed E-state index contributed by atoms with van der Waals surface area (Å²) >= 11 is 6.03. The molecule has 2 aromatic heterocycles. The van der Waals surface area contributed by atoms with Crippen LogP contribution in [0.3, 0.4) is 0 Å². The fraction of sp³-hybridized carbons (Fsp3) is 0.250. The molecule has 0 saturated carbocycles. The number of anilines is 2. The largest absolute Gasteiger partial charge is 0.374 e. The standard InChI is InChI=1S/C8H10N6S4/c9-5-11-13-7(17-5)15-3-1-2-4-16-8-14-12-6(10)18-8/h1-2H,3-4H2,(H2,9,11)(H2,10,12). The molecule has 2 rings (SSSR count). The van der Waals surface area contributed by atoms with Crippen molar-refractivity contribution >= 4 is 56.5 Å². The van der Waals surface area contributed by atoms with E-state index in [1.165, 1.54) is 22.7 Å². The molecule has 0 atom stereocenters. The van der Waals surface area contributed by atoms with Gasteiger partial charge in [0, 0.05) is 11.5 Å². The number of hydrogen-bond acceptors (Lipinski definition) is 10. The maximum atomic E-state index is 5.49. The highest BCUT2D eigenvalue weighted by Gasteiger charge is 2.00. The molecule has 0 aliphatic heterocycles. The molecule has 2 heterocycles. The first-order chi connectivity index (χ1) is 8.74. The Labute approximate surface area is 120 Å². The third-order valence-electron chi connectivity index (χ3n) is 1.62. The molecule has 2 aromatic rings. The van der Waals surface area contributed by atoms with E-state index in [0.29, 0.717) is 10.3 Å². The maximum absolute atomic E-state index is 5.49. The van der Waals surface area contributed by atoms with Gasteiger partial charge in [-0.15, -0.1) is 20.4 Å². The van der Waals surface area contributed by atoms with E-state index < -0.39 is 0 Å². The van der Waals surface area contributed by atoms with Crippen molar-refractivity contribution in [3.63, 3.8) is 0 Å². The SMILES string of the molecule is Nc1nnc(SCC=CCSc2nnc(N)s2)s1. The smallest absolute Gasteiger partial charge is 0.203 e. The first-order valence-corrected chi connectivity index (χ1v) is 8.43. The summed E-state index contributed by atoms with van der Waals surface area (Å²) in [5.74, 6) is 1.71. The van der Waals surface area contributed by atoms with Crippen molar-refractivity contribution in [1.29, 1.82) is 0 Å². The number of nitrogen functional groups attached to an aromatic ring is 2. The topological polar surface area (TPSA) is 104 Å². The molecule has 0 unspecified atom stereocenters. The number of nitrogens with two attached hydrogens (primary N) is 2. The molecule has 0 saturated heterocycles. The van der Waals surface area contributed by atoms with Crippen molar-refractivity contribution in [2.45, 2.75) is 8.68 Å². The van der Waals surface area contributed by atoms with Crippen molar-refractivity contribution in [3.8, 4) is 0 Å². The van der Waals surface area contributed by atoms with Crippen molar-refractivity contribution in [2.75, 3.05) is 23.0 Å². The highest BCUT2D eigenvalue weighted by molar-refractivity contribution is 8.01. The van der Waals surface area contributed by atoms with Crippen molar-refractivity contribution in [1.82, 2.24) is 20.4 Å². The third-order valence-corrected chi connectivity index (χ3v) is 5.29. The van der Waals surface area contributed by atoms with Crippen LogP contribution in [-0.2, 0) is 0 Å². The van der Waals surface area contributed by atoms with E-state index in [-0.39, 0.29) is 0 Å². The van der Waals surface area contributed by atoms with E-state index in [9.17, 15) is 0 Å². The minimum atomic E-state index is 0.505. The first-order valence-electron chi connectivity index (χ1n) is 4.82. The van der Waals surface area contributed by atoms with Crippen LogP contribution in [0, 0.1) is 0 Å². The van der Waals surface area contributed by atoms with Crippen molar-refractivity contribution < 1.29 is 0 Å². The van der Waals surface area contributed by atoms with E-state index in [1.54, 1.807) is 23.5 Å². The molecule has 0 radical (unpaired) electrons. The van der Waals surface area contributed by atoms with E-state index in [1.807, 2.05) is 0 Å². The average Bonchev–Trinajstić information content (AvgIpc) is 2.93. The van der Waals surface area contributed by atoms with Crippen molar-refractivity contribution in [3.05, 3.63) is 12.2 Å². The molecule has 18 heavy (non-hydrogen) atoms. The van der Waals surface area contributed by atoms with Crippen LogP contribution in [0.2, 0.25) is 0 Å².